The zero-order valence-corrected chi connectivity index (χ0v) is 9.88. The van der Waals surface area contributed by atoms with Gasteiger partial charge in [-0.3, -0.25) is 9.59 Å². The third-order valence-electron chi connectivity index (χ3n) is 2.36. The van der Waals surface area contributed by atoms with Crippen LogP contribution in [0.1, 0.15) is 5.56 Å². The molecule has 1 unspecified atom stereocenters. The SMILES string of the molecule is NC(N)C(=O)NC(Cc1ccc(F)cc1)C(=O)N=O. The number of rotatable bonds is 5. The summed E-state index contributed by atoms with van der Waals surface area (Å²) < 4.78 is 12.7. The van der Waals surface area contributed by atoms with E-state index in [1.165, 1.54) is 24.3 Å². The topological polar surface area (TPSA) is 128 Å². The minimum absolute atomic E-state index is 0.0106. The summed E-state index contributed by atoms with van der Waals surface area (Å²) in [6, 6.07) is 4.07. The molecular weight excluding hydrogens is 255 g/mol. The second-order valence-corrected chi connectivity index (χ2v) is 3.85. The summed E-state index contributed by atoms with van der Waals surface area (Å²) in [4.78, 5) is 32.9. The molecular formula is C11H13FN4O3. The molecule has 102 valence electrons. The van der Waals surface area contributed by atoms with Gasteiger partial charge in [0, 0.05) is 11.6 Å². The number of nitrogens with zero attached hydrogens (tertiary/aromatic N) is 1. The van der Waals surface area contributed by atoms with E-state index in [2.05, 4.69) is 10.5 Å². The van der Waals surface area contributed by atoms with E-state index in [9.17, 15) is 18.9 Å². The van der Waals surface area contributed by atoms with Crippen molar-refractivity contribution in [1.82, 2.24) is 5.32 Å². The van der Waals surface area contributed by atoms with Crippen LogP contribution < -0.4 is 16.8 Å². The number of hydrogen-bond donors (Lipinski definition) is 3. The summed E-state index contributed by atoms with van der Waals surface area (Å²) in [5.41, 5.74) is 10.8. The molecule has 0 aliphatic carbocycles. The van der Waals surface area contributed by atoms with Crippen LogP contribution >= 0.6 is 0 Å². The van der Waals surface area contributed by atoms with Crippen LogP contribution in [0.15, 0.2) is 29.4 Å². The van der Waals surface area contributed by atoms with Crippen LogP contribution in [0.3, 0.4) is 0 Å². The average molecular weight is 268 g/mol. The number of hydrogen-bond acceptors (Lipinski definition) is 5. The van der Waals surface area contributed by atoms with Crippen LogP contribution in [0.5, 0.6) is 0 Å². The molecule has 0 aliphatic heterocycles. The van der Waals surface area contributed by atoms with Crippen LogP contribution in [0.2, 0.25) is 0 Å². The Balaban J connectivity index is 2.80. The van der Waals surface area contributed by atoms with E-state index in [0.29, 0.717) is 5.56 Å². The summed E-state index contributed by atoms with van der Waals surface area (Å²) in [5, 5.41) is 4.46. The normalized spacial score (nSPS) is 12.0. The maximum atomic E-state index is 12.7. The lowest BCUT2D eigenvalue weighted by Gasteiger charge is -2.15. The average Bonchev–Trinajstić information content (AvgIpc) is 2.39. The highest BCUT2D eigenvalue weighted by Gasteiger charge is 2.23. The molecule has 1 aromatic carbocycles. The molecule has 0 spiro atoms. The number of carbonyl (C=O) groups is 2. The molecule has 2 amide bonds. The number of halogens is 1. The number of nitroso groups, excluding NO2 is 1. The molecule has 0 aromatic heterocycles. The zero-order chi connectivity index (χ0) is 14.4. The van der Waals surface area contributed by atoms with E-state index >= 15 is 0 Å². The molecule has 1 atom stereocenters. The quantitative estimate of drug-likeness (QED) is 0.485. The second-order valence-electron chi connectivity index (χ2n) is 3.85. The summed E-state index contributed by atoms with van der Waals surface area (Å²) in [6.45, 7) is 0. The van der Waals surface area contributed by atoms with Crippen molar-refractivity contribution in [3.05, 3.63) is 40.6 Å². The van der Waals surface area contributed by atoms with E-state index in [-0.39, 0.29) is 6.42 Å². The molecule has 7 nitrogen and oxygen atoms in total. The fraction of sp³-hybridized carbons (Fsp3) is 0.273. The largest absolute Gasteiger partial charge is 0.341 e. The second kappa shape index (κ2) is 6.66. The number of amides is 2. The number of benzene rings is 1. The van der Waals surface area contributed by atoms with Crippen molar-refractivity contribution < 1.29 is 14.0 Å². The van der Waals surface area contributed by atoms with Crippen LogP contribution in [-0.2, 0) is 16.0 Å². The lowest BCUT2D eigenvalue weighted by molar-refractivity contribution is -0.128. The van der Waals surface area contributed by atoms with Gasteiger partial charge in [-0.15, -0.1) is 4.91 Å². The Morgan fingerprint density at radius 1 is 1.26 bits per heavy atom. The monoisotopic (exact) mass is 268 g/mol. The maximum absolute atomic E-state index is 12.7. The smallest absolute Gasteiger partial charge is 0.308 e. The molecule has 0 saturated carbocycles. The first-order valence-electron chi connectivity index (χ1n) is 5.37. The Morgan fingerprint density at radius 3 is 2.32 bits per heavy atom. The third kappa shape index (κ3) is 4.53. The van der Waals surface area contributed by atoms with E-state index < -0.39 is 29.8 Å². The summed E-state index contributed by atoms with van der Waals surface area (Å²) >= 11 is 0. The van der Waals surface area contributed by atoms with Gasteiger partial charge >= 0.3 is 5.91 Å². The van der Waals surface area contributed by atoms with Gasteiger partial charge in [-0.2, -0.15) is 0 Å². The van der Waals surface area contributed by atoms with Crippen molar-refractivity contribution in [2.75, 3.05) is 0 Å². The fourth-order valence-electron chi connectivity index (χ4n) is 1.39. The van der Waals surface area contributed by atoms with Crippen molar-refractivity contribution in [2.45, 2.75) is 18.6 Å². The highest BCUT2D eigenvalue weighted by atomic mass is 19.1. The van der Waals surface area contributed by atoms with Gasteiger partial charge in [0.2, 0.25) is 0 Å². The molecule has 0 heterocycles. The lowest BCUT2D eigenvalue weighted by atomic mass is 10.1. The summed E-state index contributed by atoms with van der Waals surface area (Å²) in [6.07, 6.45) is -1.32. The first-order chi connectivity index (χ1) is 8.93. The van der Waals surface area contributed by atoms with Crippen LogP contribution in [0.4, 0.5) is 4.39 Å². The number of carbonyl (C=O) groups excluding carboxylic acids is 2. The van der Waals surface area contributed by atoms with Crippen molar-refractivity contribution in [3.63, 3.8) is 0 Å². The number of nitrogens with one attached hydrogen (secondary N) is 1. The van der Waals surface area contributed by atoms with Gasteiger partial charge in [-0.1, -0.05) is 12.1 Å². The molecule has 8 heteroatoms. The number of nitrogens with two attached hydrogens (primary N) is 2. The minimum Gasteiger partial charge on any atom is -0.341 e. The van der Waals surface area contributed by atoms with Gasteiger partial charge in [-0.05, 0) is 17.7 Å². The van der Waals surface area contributed by atoms with Crippen molar-refractivity contribution in [3.8, 4) is 0 Å². The maximum Gasteiger partial charge on any atom is 0.308 e. The van der Waals surface area contributed by atoms with Crippen molar-refractivity contribution in [2.24, 2.45) is 16.6 Å². The summed E-state index contributed by atoms with van der Waals surface area (Å²) in [7, 11) is 0. The van der Waals surface area contributed by atoms with Gasteiger partial charge in [-0.25, -0.2) is 4.39 Å². The zero-order valence-electron chi connectivity index (χ0n) is 9.88. The standard InChI is InChI=1S/C11H13FN4O3/c12-7-3-1-6(2-4-7)5-8(10(17)16-19)15-11(18)9(13)14/h1-4,8-9H,5,13-14H2,(H,15,18). The third-order valence-corrected chi connectivity index (χ3v) is 2.36. The fourth-order valence-corrected chi connectivity index (χ4v) is 1.39. The molecule has 0 saturated heterocycles. The predicted octanol–water partition coefficient (Wildman–Crippen LogP) is -0.610. The van der Waals surface area contributed by atoms with Crippen LogP contribution in [-0.4, -0.2) is 24.0 Å². The van der Waals surface area contributed by atoms with E-state index in [1.54, 1.807) is 0 Å². The molecule has 5 N–H and O–H groups in total. The Labute approximate surface area is 108 Å². The molecule has 0 fully saturated rings. The van der Waals surface area contributed by atoms with Gasteiger partial charge in [0.1, 0.15) is 18.0 Å². The molecule has 1 aromatic rings. The van der Waals surface area contributed by atoms with Gasteiger partial charge in [0.15, 0.2) is 0 Å². The summed E-state index contributed by atoms with van der Waals surface area (Å²) in [5.74, 6) is -2.28. The van der Waals surface area contributed by atoms with E-state index in [4.69, 9.17) is 11.5 Å². The lowest BCUT2D eigenvalue weighted by Crippen LogP contribution is -2.52. The van der Waals surface area contributed by atoms with Gasteiger partial charge in [0.25, 0.3) is 5.91 Å². The van der Waals surface area contributed by atoms with E-state index in [0.717, 1.165) is 0 Å². The van der Waals surface area contributed by atoms with Crippen molar-refractivity contribution >= 4 is 11.8 Å². The van der Waals surface area contributed by atoms with Crippen molar-refractivity contribution in [1.29, 1.82) is 0 Å². The highest BCUT2D eigenvalue weighted by Crippen LogP contribution is 2.07. The molecule has 0 radical (unpaired) electrons. The highest BCUT2D eigenvalue weighted by molar-refractivity contribution is 5.89. The Hall–Kier alpha value is -2.19. The predicted molar refractivity (Wildman–Crippen MR) is 65.0 cm³/mol. The molecule has 1 rings (SSSR count). The Kier molecular flexibility index (Phi) is 5.22. The Morgan fingerprint density at radius 2 is 1.84 bits per heavy atom. The van der Waals surface area contributed by atoms with Crippen LogP contribution in [0.25, 0.3) is 0 Å². The molecule has 19 heavy (non-hydrogen) atoms. The van der Waals surface area contributed by atoms with E-state index in [1.807, 2.05) is 0 Å². The Bertz CT molecular complexity index is 475. The molecule has 0 aliphatic rings. The van der Waals surface area contributed by atoms with Gasteiger partial charge < -0.3 is 16.8 Å². The minimum atomic E-state index is -1.31. The van der Waals surface area contributed by atoms with Crippen LogP contribution in [0, 0.1) is 10.7 Å². The van der Waals surface area contributed by atoms with Gasteiger partial charge in [0.05, 0.1) is 0 Å². The molecule has 0 bridgehead atoms. The first kappa shape index (κ1) is 14.9. The first-order valence-corrected chi connectivity index (χ1v) is 5.37.